The van der Waals surface area contributed by atoms with Gasteiger partial charge in [0.2, 0.25) is 5.91 Å². The minimum absolute atomic E-state index is 0.00940. The SMILES string of the molecule is NCCNCC1CCN(CC(=O)N[C@H]2Cc3cccc(C(=O)O)c3OB2O)CC1. The monoisotopic (exact) mass is 404 g/mol. The number of hydrogen-bond donors (Lipinski definition) is 5. The Morgan fingerprint density at radius 1 is 1.31 bits per heavy atom. The molecule has 10 heteroatoms. The molecule has 9 nitrogen and oxygen atoms in total. The van der Waals surface area contributed by atoms with Crippen LogP contribution in [0, 0.1) is 5.92 Å². The van der Waals surface area contributed by atoms with E-state index in [1.807, 2.05) is 0 Å². The quantitative estimate of drug-likeness (QED) is 0.277. The molecule has 158 valence electrons. The molecule has 0 saturated carbocycles. The molecule has 1 amide bonds. The summed E-state index contributed by atoms with van der Waals surface area (Å²) in [5.41, 5.74) is 6.15. The lowest BCUT2D eigenvalue weighted by molar-refractivity contribution is -0.123. The molecule has 1 fully saturated rings. The number of carbonyl (C=O) groups is 2. The van der Waals surface area contributed by atoms with Gasteiger partial charge in [0, 0.05) is 13.1 Å². The first-order chi connectivity index (χ1) is 14.0. The predicted molar refractivity (Wildman–Crippen MR) is 109 cm³/mol. The predicted octanol–water partition coefficient (Wildman–Crippen LogP) is -0.915. The highest BCUT2D eigenvalue weighted by atomic mass is 16.5. The number of hydrogen-bond acceptors (Lipinski definition) is 7. The fourth-order valence-corrected chi connectivity index (χ4v) is 3.93. The molecule has 29 heavy (non-hydrogen) atoms. The summed E-state index contributed by atoms with van der Waals surface area (Å²) in [5, 5.41) is 25.7. The molecule has 3 rings (SSSR count). The van der Waals surface area contributed by atoms with E-state index in [4.69, 9.17) is 10.4 Å². The summed E-state index contributed by atoms with van der Waals surface area (Å²) in [6.07, 6.45) is 2.38. The summed E-state index contributed by atoms with van der Waals surface area (Å²) < 4.78 is 5.42. The summed E-state index contributed by atoms with van der Waals surface area (Å²) in [4.78, 5) is 25.9. The van der Waals surface area contributed by atoms with Gasteiger partial charge >= 0.3 is 13.1 Å². The average Bonchev–Trinajstić information content (AvgIpc) is 2.69. The zero-order valence-electron chi connectivity index (χ0n) is 16.5. The Hall–Kier alpha value is -2.14. The Kier molecular flexibility index (Phi) is 7.48. The fourth-order valence-electron chi connectivity index (χ4n) is 3.93. The van der Waals surface area contributed by atoms with Gasteiger partial charge in [0.05, 0.1) is 18.0 Å². The average molecular weight is 404 g/mol. The van der Waals surface area contributed by atoms with Crippen LogP contribution in [-0.4, -0.2) is 79.2 Å². The van der Waals surface area contributed by atoms with Crippen molar-refractivity contribution in [2.24, 2.45) is 11.7 Å². The molecule has 1 saturated heterocycles. The number of carboxylic acids is 1. The third-order valence-electron chi connectivity index (χ3n) is 5.52. The second-order valence-electron chi connectivity index (χ2n) is 7.70. The molecule has 2 aliphatic rings. The molecule has 0 radical (unpaired) electrons. The maximum atomic E-state index is 12.5. The highest BCUT2D eigenvalue weighted by Gasteiger charge is 2.38. The van der Waals surface area contributed by atoms with Crippen LogP contribution in [0.2, 0.25) is 0 Å². The third kappa shape index (κ3) is 5.69. The van der Waals surface area contributed by atoms with Gasteiger partial charge in [-0.3, -0.25) is 9.69 Å². The molecule has 1 aromatic carbocycles. The molecule has 0 bridgehead atoms. The molecule has 6 N–H and O–H groups in total. The molecule has 0 spiro atoms. The lowest BCUT2D eigenvalue weighted by Crippen LogP contribution is -2.55. The van der Waals surface area contributed by atoms with E-state index in [0.717, 1.165) is 39.0 Å². The van der Waals surface area contributed by atoms with E-state index in [1.54, 1.807) is 12.1 Å². The van der Waals surface area contributed by atoms with Crippen LogP contribution < -0.4 is 21.0 Å². The van der Waals surface area contributed by atoms with Crippen LogP contribution in [0.4, 0.5) is 0 Å². The van der Waals surface area contributed by atoms with E-state index in [2.05, 4.69) is 15.5 Å². The Balaban J connectivity index is 1.48. The van der Waals surface area contributed by atoms with Crippen molar-refractivity contribution in [2.75, 3.05) is 39.3 Å². The topological polar surface area (TPSA) is 137 Å². The summed E-state index contributed by atoms with van der Waals surface area (Å²) >= 11 is 0. The molecule has 0 aromatic heterocycles. The number of rotatable bonds is 8. The first-order valence-corrected chi connectivity index (χ1v) is 10.1. The minimum Gasteiger partial charge on any atom is -0.534 e. The number of nitrogens with one attached hydrogen (secondary N) is 2. The van der Waals surface area contributed by atoms with Gasteiger partial charge < -0.3 is 31.2 Å². The second-order valence-corrected chi connectivity index (χ2v) is 7.70. The van der Waals surface area contributed by atoms with Crippen LogP contribution in [0.5, 0.6) is 5.75 Å². The van der Waals surface area contributed by atoms with E-state index in [9.17, 15) is 19.7 Å². The Morgan fingerprint density at radius 3 is 2.76 bits per heavy atom. The van der Waals surface area contributed by atoms with Gasteiger partial charge in [-0.15, -0.1) is 0 Å². The van der Waals surface area contributed by atoms with Gasteiger partial charge in [0.1, 0.15) is 5.75 Å². The summed E-state index contributed by atoms with van der Waals surface area (Å²) in [7, 11) is -1.29. The molecule has 2 heterocycles. The van der Waals surface area contributed by atoms with Crippen molar-refractivity contribution in [1.29, 1.82) is 0 Å². The molecule has 0 aliphatic carbocycles. The molecule has 1 atom stereocenters. The van der Waals surface area contributed by atoms with E-state index in [0.29, 0.717) is 24.4 Å². The maximum absolute atomic E-state index is 12.5. The number of carboxylic acid groups (broad SMARTS) is 1. The van der Waals surface area contributed by atoms with Crippen molar-refractivity contribution in [3.63, 3.8) is 0 Å². The van der Waals surface area contributed by atoms with Gasteiger partial charge in [-0.05, 0) is 56.4 Å². The smallest absolute Gasteiger partial charge is 0.534 e. The van der Waals surface area contributed by atoms with Gasteiger partial charge in [-0.2, -0.15) is 0 Å². The molecule has 1 aromatic rings. The number of fused-ring (bicyclic) bond motifs is 1. The molecular formula is C19H29BN4O5. The number of amides is 1. The normalized spacial score (nSPS) is 20.1. The minimum atomic E-state index is -1.29. The van der Waals surface area contributed by atoms with E-state index in [-0.39, 0.29) is 23.8 Å². The zero-order valence-corrected chi connectivity index (χ0v) is 16.5. The number of carbonyl (C=O) groups excluding carboxylic acids is 1. The van der Waals surface area contributed by atoms with Gasteiger partial charge in [0.25, 0.3) is 0 Å². The number of likely N-dealkylation sites (tertiary alicyclic amines) is 1. The Morgan fingerprint density at radius 2 is 2.07 bits per heavy atom. The van der Waals surface area contributed by atoms with Crippen LogP contribution in [0.3, 0.4) is 0 Å². The van der Waals surface area contributed by atoms with Crippen molar-refractivity contribution in [2.45, 2.75) is 25.2 Å². The van der Waals surface area contributed by atoms with Crippen LogP contribution in [0.25, 0.3) is 0 Å². The van der Waals surface area contributed by atoms with Crippen molar-refractivity contribution in [3.05, 3.63) is 29.3 Å². The van der Waals surface area contributed by atoms with Crippen LogP contribution in [0.1, 0.15) is 28.8 Å². The van der Waals surface area contributed by atoms with E-state index < -0.39 is 19.0 Å². The number of nitrogens with zero attached hydrogens (tertiary/aromatic N) is 1. The van der Waals surface area contributed by atoms with Crippen LogP contribution in [0.15, 0.2) is 18.2 Å². The van der Waals surface area contributed by atoms with E-state index >= 15 is 0 Å². The highest BCUT2D eigenvalue weighted by Crippen LogP contribution is 2.30. The van der Waals surface area contributed by atoms with Crippen LogP contribution >= 0.6 is 0 Å². The summed E-state index contributed by atoms with van der Waals surface area (Å²) in [6.45, 7) is 4.41. The summed E-state index contributed by atoms with van der Waals surface area (Å²) in [6, 6.07) is 4.81. The highest BCUT2D eigenvalue weighted by molar-refractivity contribution is 6.47. The number of nitrogens with two attached hydrogens (primary N) is 1. The first kappa shape index (κ1) is 21.6. The van der Waals surface area contributed by atoms with Gasteiger partial charge in [-0.25, -0.2) is 4.79 Å². The zero-order chi connectivity index (χ0) is 20.8. The van der Waals surface area contributed by atoms with Crippen molar-refractivity contribution < 1.29 is 24.4 Å². The van der Waals surface area contributed by atoms with Gasteiger partial charge in [-0.1, -0.05) is 12.1 Å². The van der Waals surface area contributed by atoms with Crippen molar-refractivity contribution in [3.8, 4) is 5.75 Å². The molecule has 0 unspecified atom stereocenters. The lowest BCUT2D eigenvalue weighted by Gasteiger charge is -2.33. The van der Waals surface area contributed by atoms with Crippen molar-refractivity contribution >= 4 is 19.0 Å². The Bertz CT molecular complexity index is 727. The van der Waals surface area contributed by atoms with Crippen molar-refractivity contribution in [1.82, 2.24) is 15.5 Å². The number of para-hydroxylation sites is 1. The molecular weight excluding hydrogens is 375 g/mol. The number of benzene rings is 1. The first-order valence-electron chi connectivity index (χ1n) is 10.1. The molecule has 2 aliphatic heterocycles. The number of piperidine rings is 1. The third-order valence-corrected chi connectivity index (χ3v) is 5.52. The summed E-state index contributed by atoms with van der Waals surface area (Å²) in [5.74, 6) is -1.12. The number of aromatic carboxylic acids is 1. The fraction of sp³-hybridized carbons (Fsp3) is 0.579. The second kappa shape index (κ2) is 10.1. The van der Waals surface area contributed by atoms with Gasteiger partial charge in [0.15, 0.2) is 0 Å². The van der Waals surface area contributed by atoms with Crippen LogP contribution in [-0.2, 0) is 11.2 Å². The van der Waals surface area contributed by atoms with E-state index in [1.165, 1.54) is 6.07 Å². The standard InChI is InChI=1S/C19H29BN4O5/c21-6-7-22-11-13-4-8-24(9-5-13)12-17(25)23-16-10-14-2-1-3-15(19(26)27)18(14)29-20(16)28/h1-3,13,16,22,28H,4-12,21H2,(H,23,25)(H,26,27)/t16-/m0/s1. The Labute approximate surface area is 170 Å². The lowest BCUT2D eigenvalue weighted by atomic mass is 9.72. The largest absolute Gasteiger partial charge is 0.547 e. The maximum Gasteiger partial charge on any atom is 0.547 e.